The van der Waals surface area contributed by atoms with Crippen molar-refractivity contribution in [2.75, 3.05) is 13.7 Å². The molecule has 0 aliphatic heterocycles. The molecular formula is C21H21NO2S. The van der Waals surface area contributed by atoms with Crippen molar-refractivity contribution in [3.05, 3.63) is 77.2 Å². The van der Waals surface area contributed by atoms with Gasteiger partial charge in [0.2, 0.25) is 0 Å². The van der Waals surface area contributed by atoms with Crippen molar-refractivity contribution < 1.29 is 9.53 Å². The fourth-order valence-electron chi connectivity index (χ4n) is 2.61. The van der Waals surface area contributed by atoms with Crippen molar-refractivity contribution in [3.63, 3.8) is 0 Å². The Morgan fingerprint density at radius 1 is 1.00 bits per heavy atom. The summed E-state index contributed by atoms with van der Waals surface area (Å²) in [7, 11) is 1.84. The molecule has 2 aromatic carbocycles. The zero-order chi connectivity index (χ0) is 17.6. The molecule has 0 aliphatic rings. The van der Waals surface area contributed by atoms with Gasteiger partial charge >= 0.3 is 0 Å². The summed E-state index contributed by atoms with van der Waals surface area (Å²) in [5.74, 6) is 0.910. The van der Waals surface area contributed by atoms with Gasteiger partial charge in [0.25, 0.3) is 5.91 Å². The van der Waals surface area contributed by atoms with E-state index < -0.39 is 0 Å². The van der Waals surface area contributed by atoms with Crippen molar-refractivity contribution in [2.45, 2.75) is 13.5 Å². The molecule has 0 spiro atoms. The molecule has 128 valence electrons. The summed E-state index contributed by atoms with van der Waals surface area (Å²) < 4.78 is 5.47. The van der Waals surface area contributed by atoms with E-state index >= 15 is 0 Å². The zero-order valence-electron chi connectivity index (χ0n) is 14.4. The Hall–Kier alpha value is -2.59. The molecule has 0 N–H and O–H groups in total. The van der Waals surface area contributed by atoms with Gasteiger partial charge in [-0.15, -0.1) is 11.3 Å². The van der Waals surface area contributed by atoms with Crippen LogP contribution >= 0.6 is 11.3 Å². The van der Waals surface area contributed by atoms with Gasteiger partial charge in [-0.05, 0) is 54.4 Å². The molecule has 1 aromatic heterocycles. The summed E-state index contributed by atoms with van der Waals surface area (Å²) >= 11 is 1.52. The smallest absolute Gasteiger partial charge is 0.263 e. The van der Waals surface area contributed by atoms with E-state index in [1.54, 1.807) is 4.90 Å². The van der Waals surface area contributed by atoms with Crippen LogP contribution in [0.1, 0.15) is 22.2 Å². The number of carbonyl (C=O) groups excluding carboxylic acids is 1. The Morgan fingerprint density at radius 2 is 1.72 bits per heavy atom. The van der Waals surface area contributed by atoms with Gasteiger partial charge in [-0.25, -0.2) is 0 Å². The molecule has 0 aliphatic carbocycles. The lowest BCUT2D eigenvalue weighted by molar-refractivity contribution is 0.0790. The molecular weight excluding hydrogens is 330 g/mol. The maximum Gasteiger partial charge on any atom is 0.263 e. The van der Waals surface area contributed by atoms with Gasteiger partial charge in [0.15, 0.2) is 0 Å². The predicted octanol–water partition coefficient (Wildman–Crippen LogP) is 5.09. The van der Waals surface area contributed by atoms with Crippen molar-refractivity contribution in [3.8, 4) is 16.2 Å². The highest BCUT2D eigenvalue weighted by molar-refractivity contribution is 7.17. The van der Waals surface area contributed by atoms with E-state index in [1.165, 1.54) is 11.3 Å². The maximum atomic E-state index is 12.6. The van der Waals surface area contributed by atoms with Gasteiger partial charge in [-0.3, -0.25) is 4.79 Å². The standard InChI is InChI=1S/C21H21NO2S/c1-3-24-18-11-9-17(10-12-18)19-13-14-20(25-19)21(23)22(2)15-16-7-5-4-6-8-16/h4-14H,3,15H2,1-2H3. The quantitative estimate of drug-likeness (QED) is 0.619. The monoisotopic (exact) mass is 351 g/mol. The minimum atomic E-state index is 0.0473. The van der Waals surface area contributed by atoms with Crippen LogP contribution < -0.4 is 4.74 Å². The molecule has 0 bridgehead atoms. The molecule has 3 aromatic rings. The number of benzene rings is 2. The summed E-state index contributed by atoms with van der Waals surface area (Å²) in [5.41, 5.74) is 2.22. The van der Waals surface area contributed by atoms with Crippen molar-refractivity contribution in [1.82, 2.24) is 4.90 Å². The first-order valence-corrected chi connectivity index (χ1v) is 9.11. The first-order chi connectivity index (χ1) is 12.2. The normalized spacial score (nSPS) is 10.5. The molecule has 0 radical (unpaired) electrons. The van der Waals surface area contributed by atoms with Crippen molar-refractivity contribution >= 4 is 17.2 Å². The van der Waals surface area contributed by atoms with Crippen LogP contribution in [0.3, 0.4) is 0 Å². The van der Waals surface area contributed by atoms with Crippen LogP contribution in [-0.4, -0.2) is 24.5 Å². The topological polar surface area (TPSA) is 29.5 Å². The van der Waals surface area contributed by atoms with Crippen molar-refractivity contribution in [2.24, 2.45) is 0 Å². The molecule has 3 nitrogen and oxygen atoms in total. The summed E-state index contributed by atoms with van der Waals surface area (Å²) in [6, 6.07) is 21.9. The maximum absolute atomic E-state index is 12.6. The number of nitrogens with zero attached hydrogens (tertiary/aromatic N) is 1. The van der Waals surface area contributed by atoms with Gasteiger partial charge in [-0.1, -0.05) is 30.3 Å². The van der Waals surface area contributed by atoms with E-state index in [0.717, 1.165) is 26.6 Å². The number of ether oxygens (including phenoxy) is 1. The molecule has 25 heavy (non-hydrogen) atoms. The van der Waals surface area contributed by atoms with Gasteiger partial charge in [-0.2, -0.15) is 0 Å². The summed E-state index contributed by atoms with van der Waals surface area (Å²) in [5, 5.41) is 0. The van der Waals surface area contributed by atoms with Crippen LogP contribution in [0.25, 0.3) is 10.4 Å². The fourth-order valence-corrected chi connectivity index (χ4v) is 3.61. The largest absolute Gasteiger partial charge is 0.494 e. The molecule has 1 amide bonds. The molecule has 0 saturated heterocycles. The lowest BCUT2D eigenvalue weighted by Gasteiger charge is -2.16. The van der Waals surface area contributed by atoms with Crippen LogP contribution in [0.5, 0.6) is 5.75 Å². The van der Waals surface area contributed by atoms with Gasteiger partial charge in [0.05, 0.1) is 11.5 Å². The van der Waals surface area contributed by atoms with E-state index in [4.69, 9.17) is 4.74 Å². The average molecular weight is 351 g/mol. The Bertz CT molecular complexity index is 825. The first kappa shape index (κ1) is 17.2. The molecule has 3 rings (SSSR count). The number of amides is 1. The van der Waals surface area contributed by atoms with Crippen molar-refractivity contribution in [1.29, 1.82) is 0 Å². The van der Waals surface area contributed by atoms with Crippen LogP contribution in [0.2, 0.25) is 0 Å². The third-order valence-electron chi connectivity index (χ3n) is 3.88. The highest BCUT2D eigenvalue weighted by Gasteiger charge is 2.15. The molecule has 4 heteroatoms. The Labute approximate surface area is 152 Å². The number of hydrogen-bond donors (Lipinski definition) is 0. The van der Waals surface area contributed by atoms with E-state index in [-0.39, 0.29) is 5.91 Å². The Balaban J connectivity index is 1.70. The molecule has 0 saturated carbocycles. The molecule has 0 atom stereocenters. The van der Waals surface area contributed by atoms with Gasteiger partial charge in [0.1, 0.15) is 5.75 Å². The third kappa shape index (κ3) is 4.28. The molecule has 0 unspecified atom stereocenters. The molecule has 0 fully saturated rings. The number of thiophene rings is 1. The van der Waals surface area contributed by atoms with E-state index in [0.29, 0.717) is 13.2 Å². The molecule has 1 heterocycles. The third-order valence-corrected chi connectivity index (χ3v) is 5.00. The Kier molecular flexibility index (Phi) is 5.51. The summed E-state index contributed by atoms with van der Waals surface area (Å²) in [6.45, 7) is 3.23. The Morgan fingerprint density at radius 3 is 2.40 bits per heavy atom. The number of hydrogen-bond acceptors (Lipinski definition) is 3. The lowest BCUT2D eigenvalue weighted by atomic mass is 10.2. The van der Waals surface area contributed by atoms with Crippen LogP contribution in [0.4, 0.5) is 0 Å². The number of carbonyl (C=O) groups is 1. The minimum Gasteiger partial charge on any atom is -0.494 e. The highest BCUT2D eigenvalue weighted by Crippen LogP contribution is 2.30. The SMILES string of the molecule is CCOc1ccc(-c2ccc(C(=O)N(C)Cc3ccccc3)s2)cc1. The van der Waals surface area contributed by atoms with Gasteiger partial charge < -0.3 is 9.64 Å². The first-order valence-electron chi connectivity index (χ1n) is 8.30. The summed E-state index contributed by atoms with van der Waals surface area (Å²) in [4.78, 5) is 16.2. The predicted molar refractivity (Wildman–Crippen MR) is 103 cm³/mol. The second kappa shape index (κ2) is 7.99. The average Bonchev–Trinajstić information content (AvgIpc) is 3.13. The van der Waals surface area contributed by atoms with E-state index in [2.05, 4.69) is 0 Å². The summed E-state index contributed by atoms with van der Waals surface area (Å²) in [6.07, 6.45) is 0. The minimum absolute atomic E-state index is 0.0473. The highest BCUT2D eigenvalue weighted by atomic mass is 32.1. The van der Waals surface area contributed by atoms with Crippen LogP contribution in [0, 0.1) is 0 Å². The van der Waals surface area contributed by atoms with E-state index in [1.807, 2.05) is 80.7 Å². The van der Waals surface area contributed by atoms with Crippen LogP contribution in [0.15, 0.2) is 66.7 Å². The van der Waals surface area contributed by atoms with Gasteiger partial charge in [0, 0.05) is 18.5 Å². The second-order valence-corrected chi connectivity index (χ2v) is 6.85. The number of rotatable bonds is 6. The van der Waals surface area contributed by atoms with E-state index in [9.17, 15) is 4.79 Å². The lowest BCUT2D eigenvalue weighted by Crippen LogP contribution is -2.25. The second-order valence-electron chi connectivity index (χ2n) is 5.77. The fraction of sp³-hybridized carbons (Fsp3) is 0.190. The van der Waals surface area contributed by atoms with Crippen LogP contribution in [-0.2, 0) is 6.54 Å². The zero-order valence-corrected chi connectivity index (χ0v) is 15.3.